The van der Waals surface area contributed by atoms with Crippen molar-refractivity contribution in [3.63, 3.8) is 0 Å². The summed E-state index contributed by atoms with van der Waals surface area (Å²) in [7, 11) is 0. The molecular weight excluding hydrogens is 449 g/mol. The Kier molecular flexibility index (Phi) is 8.25. The van der Waals surface area contributed by atoms with Crippen LogP contribution in [0.2, 0.25) is 0 Å². The van der Waals surface area contributed by atoms with Gasteiger partial charge in [-0.05, 0) is 81.1 Å². The number of aromatic nitrogens is 2. The van der Waals surface area contributed by atoms with Gasteiger partial charge in [0.1, 0.15) is 17.4 Å². The number of piperidine rings is 1. The molecular formula is C26H30FN5OS. The number of hydrogen-bond acceptors (Lipinski definition) is 5. The van der Waals surface area contributed by atoms with Crippen LogP contribution in [0.3, 0.4) is 0 Å². The number of ether oxygens (including phenoxy) is 1. The molecule has 0 aliphatic carbocycles. The molecule has 2 heterocycles. The highest BCUT2D eigenvalue weighted by atomic mass is 32.1. The molecule has 178 valence electrons. The second-order valence-corrected chi connectivity index (χ2v) is 8.86. The molecule has 8 heteroatoms. The molecule has 0 saturated carbocycles. The molecule has 1 atom stereocenters. The molecule has 3 aromatic rings. The predicted molar refractivity (Wildman–Crippen MR) is 138 cm³/mol. The summed E-state index contributed by atoms with van der Waals surface area (Å²) in [4.78, 5) is 11.6. The van der Waals surface area contributed by atoms with Crippen molar-refractivity contribution in [2.24, 2.45) is 0 Å². The van der Waals surface area contributed by atoms with Gasteiger partial charge in [-0.3, -0.25) is 0 Å². The van der Waals surface area contributed by atoms with E-state index in [1.54, 1.807) is 12.1 Å². The summed E-state index contributed by atoms with van der Waals surface area (Å²) >= 11 is 5.47. The molecule has 2 aromatic carbocycles. The van der Waals surface area contributed by atoms with E-state index in [9.17, 15) is 4.39 Å². The van der Waals surface area contributed by atoms with Crippen LogP contribution in [0.1, 0.15) is 38.2 Å². The van der Waals surface area contributed by atoms with Crippen LogP contribution in [0, 0.1) is 5.82 Å². The van der Waals surface area contributed by atoms with Gasteiger partial charge in [0, 0.05) is 25.2 Å². The number of para-hydroxylation sites is 1. The molecule has 0 spiro atoms. The topological polar surface area (TPSA) is 62.3 Å². The normalized spacial score (nSPS) is 15.6. The van der Waals surface area contributed by atoms with Crippen molar-refractivity contribution < 1.29 is 9.13 Å². The Bertz CT molecular complexity index is 1080. The van der Waals surface area contributed by atoms with Crippen LogP contribution in [0.5, 0.6) is 11.6 Å². The summed E-state index contributed by atoms with van der Waals surface area (Å²) in [6.07, 6.45) is 5.20. The third kappa shape index (κ3) is 6.87. The highest BCUT2D eigenvalue weighted by Crippen LogP contribution is 2.28. The minimum Gasteiger partial charge on any atom is -0.439 e. The van der Waals surface area contributed by atoms with Crippen LogP contribution < -0.4 is 20.3 Å². The number of rotatable bonds is 8. The van der Waals surface area contributed by atoms with Gasteiger partial charge in [-0.25, -0.2) is 4.39 Å². The minimum atomic E-state index is -0.218. The van der Waals surface area contributed by atoms with Gasteiger partial charge in [-0.2, -0.15) is 9.97 Å². The highest BCUT2D eigenvalue weighted by Gasteiger charge is 2.21. The first-order valence-corrected chi connectivity index (χ1v) is 12.2. The molecule has 0 unspecified atom stereocenters. The zero-order chi connectivity index (χ0) is 23.8. The van der Waals surface area contributed by atoms with Gasteiger partial charge in [0.05, 0.1) is 0 Å². The fraction of sp³-hybridized carbons (Fsp3) is 0.346. The molecule has 0 radical (unpaired) electrons. The van der Waals surface area contributed by atoms with Crippen LogP contribution in [-0.4, -0.2) is 34.2 Å². The smallest absolute Gasteiger partial charge is 0.234 e. The van der Waals surface area contributed by atoms with Gasteiger partial charge >= 0.3 is 0 Å². The average molecular weight is 480 g/mol. The second kappa shape index (κ2) is 11.7. The predicted octanol–water partition coefficient (Wildman–Crippen LogP) is 5.71. The summed E-state index contributed by atoms with van der Waals surface area (Å²) in [6, 6.07) is 18.5. The van der Waals surface area contributed by atoms with Crippen molar-refractivity contribution in [2.75, 3.05) is 23.3 Å². The molecule has 0 bridgehead atoms. The van der Waals surface area contributed by atoms with Crippen LogP contribution in [0.15, 0.2) is 60.7 Å². The number of benzene rings is 2. The maximum atomic E-state index is 13.0. The number of nitrogens with one attached hydrogen (secondary N) is 2. The van der Waals surface area contributed by atoms with E-state index < -0.39 is 0 Å². The second-order valence-electron chi connectivity index (χ2n) is 8.45. The summed E-state index contributed by atoms with van der Waals surface area (Å²) in [5.74, 6) is 2.19. The van der Waals surface area contributed by atoms with E-state index >= 15 is 0 Å². The van der Waals surface area contributed by atoms with E-state index in [0.29, 0.717) is 35.3 Å². The van der Waals surface area contributed by atoms with E-state index in [2.05, 4.69) is 27.4 Å². The quantitative estimate of drug-likeness (QED) is 0.317. The Morgan fingerprint density at radius 2 is 1.91 bits per heavy atom. The standard InChI is InChI=1S/C26H30FN5OS/c1-19-8-5-6-17-32(19)23-18-24(33-22-10-3-2-4-11-22)30-25(29-23)31-26(34)28-16-7-9-20-12-14-21(27)15-13-20/h2-4,10-15,18-19H,5-9,16-17H2,1H3,(H2,28,29,30,31,34)/t19-/m0/s1. The monoisotopic (exact) mass is 479 g/mol. The summed E-state index contributed by atoms with van der Waals surface area (Å²) in [6.45, 7) is 3.85. The highest BCUT2D eigenvalue weighted by molar-refractivity contribution is 7.80. The molecule has 1 fully saturated rings. The fourth-order valence-electron chi connectivity index (χ4n) is 4.01. The van der Waals surface area contributed by atoms with E-state index in [4.69, 9.17) is 21.9 Å². The number of nitrogens with zero attached hydrogens (tertiary/aromatic N) is 3. The largest absolute Gasteiger partial charge is 0.439 e. The number of thiocarbonyl (C=S) groups is 1. The maximum Gasteiger partial charge on any atom is 0.234 e. The Hall–Kier alpha value is -3.26. The van der Waals surface area contributed by atoms with Crippen molar-refractivity contribution in [2.45, 2.75) is 45.1 Å². The molecule has 1 aromatic heterocycles. The first-order chi connectivity index (χ1) is 16.6. The lowest BCUT2D eigenvalue weighted by atomic mass is 10.0. The van der Waals surface area contributed by atoms with E-state index in [1.807, 2.05) is 36.4 Å². The van der Waals surface area contributed by atoms with Crippen molar-refractivity contribution in [1.82, 2.24) is 15.3 Å². The first kappa shape index (κ1) is 23.9. The fourth-order valence-corrected chi connectivity index (χ4v) is 4.20. The van der Waals surface area contributed by atoms with E-state index in [1.165, 1.54) is 18.6 Å². The molecule has 34 heavy (non-hydrogen) atoms. The molecule has 6 nitrogen and oxygen atoms in total. The van der Waals surface area contributed by atoms with Crippen LogP contribution >= 0.6 is 12.2 Å². The average Bonchev–Trinajstić information content (AvgIpc) is 2.84. The number of halogens is 1. The van der Waals surface area contributed by atoms with Crippen molar-refractivity contribution in [3.8, 4) is 11.6 Å². The van der Waals surface area contributed by atoms with Gasteiger partial charge in [0.2, 0.25) is 11.8 Å². The number of aryl methyl sites for hydroxylation is 1. The Labute approximate surface area is 205 Å². The van der Waals surface area contributed by atoms with Crippen molar-refractivity contribution in [1.29, 1.82) is 0 Å². The van der Waals surface area contributed by atoms with Crippen molar-refractivity contribution >= 4 is 29.1 Å². The third-order valence-corrected chi connectivity index (χ3v) is 6.06. The number of hydrogen-bond donors (Lipinski definition) is 2. The number of anilines is 2. The lowest BCUT2D eigenvalue weighted by Gasteiger charge is -2.34. The van der Waals surface area contributed by atoms with Crippen molar-refractivity contribution in [3.05, 3.63) is 72.0 Å². The van der Waals surface area contributed by atoms with E-state index in [-0.39, 0.29) is 5.82 Å². The van der Waals surface area contributed by atoms with Crippen LogP contribution in [-0.2, 0) is 6.42 Å². The lowest BCUT2D eigenvalue weighted by Crippen LogP contribution is -2.38. The molecule has 0 amide bonds. The van der Waals surface area contributed by atoms with Gasteiger partial charge in [0.15, 0.2) is 5.11 Å². The zero-order valence-corrected chi connectivity index (χ0v) is 20.2. The maximum absolute atomic E-state index is 13.0. The molecule has 1 saturated heterocycles. The summed E-state index contributed by atoms with van der Waals surface area (Å²) in [5, 5.41) is 6.76. The summed E-state index contributed by atoms with van der Waals surface area (Å²) < 4.78 is 19.1. The van der Waals surface area contributed by atoms with Gasteiger partial charge in [-0.15, -0.1) is 0 Å². The Balaban J connectivity index is 1.40. The van der Waals surface area contributed by atoms with Gasteiger partial charge < -0.3 is 20.3 Å². The zero-order valence-electron chi connectivity index (χ0n) is 19.3. The SMILES string of the molecule is C[C@H]1CCCCN1c1cc(Oc2ccccc2)nc(NC(=S)NCCCc2ccc(F)cc2)n1. The Morgan fingerprint density at radius 3 is 2.68 bits per heavy atom. The Morgan fingerprint density at radius 1 is 1.12 bits per heavy atom. The van der Waals surface area contributed by atoms with E-state index in [0.717, 1.165) is 43.6 Å². The van der Waals surface area contributed by atoms with Crippen LogP contribution in [0.4, 0.5) is 16.2 Å². The van der Waals surface area contributed by atoms with Gasteiger partial charge in [-0.1, -0.05) is 30.3 Å². The molecule has 4 rings (SSSR count). The minimum absolute atomic E-state index is 0.218. The summed E-state index contributed by atoms with van der Waals surface area (Å²) in [5.41, 5.74) is 1.09. The lowest BCUT2D eigenvalue weighted by molar-refractivity contribution is 0.457. The van der Waals surface area contributed by atoms with Crippen LogP contribution in [0.25, 0.3) is 0 Å². The molecule has 1 aliphatic heterocycles. The molecule has 1 aliphatic rings. The molecule has 2 N–H and O–H groups in total. The third-order valence-electron chi connectivity index (χ3n) is 5.82. The van der Waals surface area contributed by atoms with Gasteiger partial charge in [0.25, 0.3) is 0 Å². The first-order valence-electron chi connectivity index (χ1n) is 11.7.